The van der Waals surface area contributed by atoms with Crippen molar-refractivity contribution in [3.63, 3.8) is 0 Å². The summed E-state index contributed by atoms with van der Waals surface area (Å²) in [6.45, 7) is 3.31. The summed E-state index contributed by atoms with van der Waals surface area (Å²) < 4.78 is 0. The first-order valence-electron chi connectivity index (χ1n) is 4.86. The van der Waals surface area contributed by atoms with E-state index in [0.29, 0.717) is 18.9 Å². The number of likely N-dealkylation sites (N-methyl/N-ethyl adjacent to an activating group) is 1. The molecular weight excluding hydrogens is 178 g/mol. The third-order valence-corrected chi connectivity index (χ3v) is 2.59. The summed E-state index contributed by atoms with van der Waals surface area (Å²) in [4.78, 5) is 10.4. The Hall–Kier alpha value is -1.00. The molecule has 1 fully saturated rings. The van der Waals surface area contributed by atoms with Gasteiger partial charge in [-0.2, -0.15) is 0 Å². The van der Waals surface area contributed by atoms with Crippen molar-refractivity contribution in [1.29, 1.82) is 0 Å². The molecule has 0 atom stereocenters. The van der Waals surface area contributed by atoms with Crippen molar-refractivity contribution in [2.75, 3.05) is 20.1 Å². The maximum absolute atomic E-state index is 10.0. The Morgan fingerprint density at radius 3 is 2.43 bits per heavy atom. The number of aromatic nitrogens is 2. The lowest BCUT2D eigenvalue weighted by atomic mass is 9.94. The van der Waals surface area contributed by atoms with Crippen LogP contribution in [0.1, 0.15) is 18.3 Å². The number of β-amino-alcohol motifs (C(OH)–C–C–N with tert-alkyl or cyclic N) is 1. The van der Waals surface area contributed by atoms with Gasteiger partial charge < -0.3 is 5.11 Å². The SMILES string of the molecule is CCc1cnc(C2(O)CN(C)C2)nc1. The Bertz CT molecular complexity index is 317. The molecule has 0 spiro atoms. The van der Waals surface area contributed by atoms with Gasteiger partial charge in [0.15, 0.2) is 5.82 Å². The molecule has 0 amide bonds. The van der Waals surface area contributed by atoms with Gasteiger partial charge in [0.2, 0.25) is 0 Å². The molecule has 0 unspecified atom stereocenters. The number of hydrogen-bond donors (Lipinski definition) is 1. The lowest BCUT2D eigenvalue weighted by Gasteiger charge is -2.42. The van der Waals surface area contributed by atoms with Crippen LogP contribution in [0, 0.1) is 0 Å². The zero-order chi connectivity index (χ0) is 10.2. The van der Waals surface area contributed by atoms with Crippen molar-refractivity contribution in [3.05, 3.63) is 23.8 Å². The van der Waals surface area contributed by atoms with Gasteiger partial charge >= 0.3 is 0 Å². The molecule has 4 heteroatoms. The first-order chi connectivity index (χ1) is 6.64. The summed E-state index contributed by atoms with van der Waals surface area (Å²) in [7, 11) is 1.97. The summed E-state index contributed by atoms with van der Waals surface area (Å²) in [5, 5.41) is 10.0. The number of rotatable bonds is 2. The zero-order valence-electron chi connectivity index (χ0n) is 8.56. The largest absolute Gasteiger partial charge is 0.379 e. The molecule has 0 aromatic carbocycles. The Labute approximate surface area is 83.6 Å². The van der Waals surface area contributed by atoms with Crippen LogP contribution in [0.3, 0.4) is 0 Å². The molecule has 0 saturated carbocycles. The van der Waals surface area contributed by atoms with Crippen molar-refractivity contribution in [1.82, 2.24) is 14.9 Å². The number of aliphatic hydroxyl groups is 1. The van der Waals surface area contributed by atoms with Crippen LogP contribution >= 0.6 is 0 Å². The van der Waals surface area contributed by atoms with Gasteiger partial charge in [-0.15, -0.1) is 0 Å². The highest BCUT2D eigenvalue weighted by atomic mass is 16.3. The minimum atomic E-state index is -0.818. The maximum Gasteiger partial charge on any atom is 0.162 e. The van der Waals surface area contributed by atoms with E-state index in [-0.39, 0.29) is 0 Å². The van der Waals surface area contributed by atoms with Gasteiger partial charge in [-0.3, -0.25) is 4.90 Å². The summed E-state index contributed by atoms with van der Waals surface area (Å²) in [6, 6.07) is 0. The van der Waals surface area contributed by atoms with Gasteiger partial charge in [-0.1, -0.05) is 6.92 Å². The molecule has 1 aromatic heterocycles. The second-order valence-corrected chi connectivity index (χ2v) is 3.97. The predicted molar refractivity (Wildman–Crippen MR) is 52.8 cm³/mol. The average Bonchev–Trinajstić information content (AvgIpc) is 2.16. The first-order valence-corrected chi connectivity index (χ1v) is 4.86. The van der Waals surface area contributed by atoms with Crippen LogP contribution in [-0.2, 0) is 12.0 Å². The lowest BCUT2D eigenvalue weighted by molar-refractivity contribution is -0.0982. The topological polar surface area (TPSA) is 49.3 Å². The molecule has 2 rings (SSSR count). The molecule has 1 aliphatic rings. The van der Waals surface area contributed by atoms with Crippen LogP contribution in [0.5, 0.6) is 0 Å². The van der Waals surface area contributed by atoms with Crippen LogP contribution in [-0.4, -0.2) is 40.1 Å². The second kappa shape index (κ2) is 3.29. The highest BCUT2D eigenvalue weighted by Crippen LogP contribution is 2.27. The molecule has 1 aliphatic heterocycles. The molecular formula is C10H15N3O. The van der Waals surface area contributed by atoms with Crippen LogP contribution < -0.4 is 0 Å². The highest BCUT2D eigenvalue weighted by molar-refractivity contribution is 5.13. The third-order valence-electron chi connectivity index (χ3n) is 2.59. The van der Waals surface area contributed by atoms with Gasteiger partial charge in [0.05, 0.1) is 0 Å². The molecule has 1 aromatic rings. The molecule has 0 aliphatic carbocycles. The van der Waals surface area contributed by atoms with E-state index in [1.807, 2.05) is 11.9 Å². The van der Waals surface area contributed by atoms with Crippen molar-refractivity contribution in [3.8, 4) is 0 Å². The maximum atomic E-state index is 10.0. The number of aryl methyl sites for hydroxylation is 1. The summed E-state index contributed by atoms with van der Waals surface area (Å²) in [5.74, 6) is 0.549. The van der Waals surface area contributed by atoms with Crippen LogP contribution in [0.25, 0.3) is 0 Å². The summed E-state index contributed by atoms with van der Waals surface area (Å²) in [5.41, 5.74) is 0.283. The number of nitrogens with zero attached hydrogens (tertiary/aromatic N) is 3. The lowest BCUT2D eigenvalue weighted by Crippen LogP contribution is -2.58. The van der Waals surface area contributed by atoms with Gasteiger partial charge in [0.1, 0.15) is 5.60 Å². The van der Waals surface area contributed by atoms with Crippen LogP contribution in [0.4, 0.5) is 0 Å². The van der Waals surface area contributed by atoms with Gasteiger partial charge in [0.25, 0.3) is 0 Å². The smallest absolute Gasteiger partial charge is 0.162 e. The minimum absolute atomic E-state index is 0.549. The Morgan fingerprint density at radius 2 is 2.00 bits per heavy atom. The average molecular weight is 193 g/mol. The van der Waals surface area contributed by atoms with E-state index in [1.54, 1.807) is 12.4 Å². The van der Waals surface area contributed by atoms with E-state index in [9.17, 15) is 5.11 Å². The van der Waals surface area contributed by atoms with Crippen molar-refractivity contribution < 1.29 is 5.11 Å². The van der Waals surface area contributed by atoms with Crippen molar-refractivity contribution in [2.24, 2.45) is 0 Å². The number of hydrogen-bond acceptors (Lipinski definition) is 4. The predicted octanol–water partition coefficient (Wildman–Crippen LogP) is 0.172. The molecule has 0 radical (unpaired) electrons. The highest BCUT2D eigenvalue weighted by Gasteiger charge is 2.43. The van der Waals surface area contributed by atoms with Gasteiger partial charge in [-0.05, 0) is 19.0 Å². The van der Waals surface area contributed by atoms with E-state index in [4.69, 9.17) is 0 Å². The summed E-state index contributed by atoms with van der Waals surface area (Å²) >= 11 is 0. The number of likely N-dealkylation sites (tertiary alicyclic amines) is 1. The Balaban J connectivity index is 2.17. The van der Waals surface area contributed by atoms with E-state index >= 15 is 0 Å². The normalized spacial score (nSPS) is 20.5. The fraction of sp³-hybridized carbons (Fsp3) is 0.600. The summed E-state index contributed by atoms with van der Waals surface area (Å²) in [6.07, 6.45) is 4.51. The van der Waals surface area contributed by atoms with Gasteiger partial charge in [-0.25, -0.2) is 9.97 Å². The minimum Gasteiger partial charge on any atom is -0.379 e. The van der Waals surface area contributed by atoms with E-state index in [0.717, 1.165) is 12.0 Å². The quantitative estimate of drug-likeness (QED) is 0.727. The van der Waals surface area contributed by atoms with E-state index in [2.05, 4.69) is 16.9 Å². The van der Waals surface area contributed by atoms with Crippen molar-refractivity contribution >= 4 is 0 Å². The molecule has 0 bridgehead atoms. The first kappa shape index (κ1) is 9.55. The molecule has 4 nitrogen and oxygen atoms in total. The van der Waals surface area contributed by atoms with Crippen LogP contribution in [0.2, 0.25) is 0 Å². The van der Waals surface area contributed by atoms with Crippen LogP contribution in [0.15, 0.2) is 12.4 Å². The Morgan fingerprint density at radius 1 is 1.43 bits per heavy atom. The zero-order valence-corrected chi connectivity index (χ0v) is 8.56. The monoisotopic (exact) mass is 193 g/mol. The second-order valence-electron chi connectivity index (χ2n) is 3.97. The van der Waals surface area contributed by atoms with E-state index in [1.165, 1.54) is 0 Å². The molecule has 1 N–H and O–H groups in total. The molecule has 76 valence electrons. The van der Waals surface area contributed by atoms with Crippen molar-refractivity contribution in [2.45, 2.75) is 18.9 Å². The Kier molecular flexibility index (Phi) is 2.25. The molecule has 14 heavy (non-hydrogen) atoms. The van der Waals surface area contributed by atoms with E-state index < -0.39 is 5.60 Å². The third kappa shape index (κ3) is 1.51. The fourth-order valence-electron chi connectivity index (χ4n) is 1.77. The molecule has 2 heterocycles. The van der Waals surface area contributed by atoms with Gasteiger partial charge in [0, 0.05) is 25.5 Å². The standard InChI is InChI=1S/C10H15N3O/c1-3-8-4-11-9(12-5-8)10(14)6-13(2)7-10/h4-5,14H,3,6-7H2,1-2H3. The fourth-order valence-corrected chi connectivity index (χ4v) is 1.77. The molecule has 1 saturated heterocycles.